The highest BCUT2D eigenvalue weighted by Gasteiger charge is 2.33. The third-order valence-electron chi connectivity index (χ3n) is 4.56. The van der Waals surface area contributed by atoms with Crippen LogP contribution < -0.4 is 11.1 Å². The molecule has 0 aromatic heterocycles. The van der Waals surface area contributed by atoms with Crippen molar-refractivity contribution < 1.29 is 4.79 Å². The zero-order valence-electron chi connectivity index (χ0n) is 13.5. The Hall–Kier alpha value is -1.35. The van der Waals surface area contributed by atoms with Gasteiger partial charge in [0.1, 0.15) is 0 Å². The molecule has 1 fully saturated rings. The van der Waals surface area contributed by atoms with Gasteiger partial charge in [-0.05, 0) is 29.9 Å². The first-order valence-electron chi connectivity index (χ1n) is 8.00. The van der Waals surface area contributed by atoms with E-state index >= 15 is 0 Å². The lowest BCUT2D eigenvalue weighted by molar-refractivity contribution is 0.0872. The lowest BCUT2D eigenvalue weighted by Gasteiger charge is -2.37. The van der Waals surface area contributed by atoms with Crippen LogP contribution in [-0.4, -0.2) is 18.0 Å². The lowest BCUT2D eigenvalue weighted by Crippen LogP contribution is -2.55. The summed E-state index contributed by atoms with van der Waals surface area (Å²) in [6.07, 6.45) is 5.53. The number of nitrogens with one attached hydrogen (secondary N) is 1. The van der Waals surface area contributed by atoms with E-state index in [0.717, 1.165) is 36.8 Å². The van der Waals surface area contributed by atoms with Crippen LogP contribution >= 0.6 is 0 Å². The second-order valence-electron chi connectivity index (χ2n) is 7.29. The van der Waals surface area contributed by atoms with Crippen molar-refractivity contribution >= 4 is 5.91 Å². The van der Waals surface area contributed by atoms with Gasteiger partial charge in [0.2, 0.25) is 0 Å². The summed E-state index contributed by atoms with van der Waals surface area (Å²) in [6.45, 7) is 6.94. The normalized spacial score (nSPS) is 18.3. The summed E-state index contributed by atoms with van der Waals surface area (Å²) in [5, 5.41) is 3.25. The monoisotopic (exact) mass is 288 g/mol. The van der Waals surface area contributed by atoms with Crippen molar-refractivity contribution in [1.29, 1.82) is 0 Å². The Labute approximate surface area is 128 Å². The van der Waals surface area contributed by atoms with Crippen molar-refractivity contribution in [3.8, 4) is 0 Å². The number of carbonyl (C=O) groups is 1. The molecule has 0 spiro atoms. The fourth-order valence-electron chi connectivity index (χ4n) is 3.25. The number of nitrogens with two attached hydrogens (primary N) is 1. The summed E-state index contributed by atoms with van der Waals surface area (Å²) in [5.74, 6) is 0.0212. The molecule has 1 aromatic rings. The molecule has 3 nitrogen and oxygen atoms in total. The third kappa shape index (κ3) is 3.65. The number of amides is 1. The molecule has 0 atom stereocenters. The third-order valence-corrected chi connectivity index (χ3v) is 4.56. The van der Waals surface area contributed by atoms with E-state index in [-0.39, 0.29) is 16.9 Å². The maximum Gasteiger partial charge on any atom is 0.252 e. The summed E-state index contributed by atoms with van der Waals surface area (Å²) >= 11 is 0. The Kier molecular flexibility index (Phi) is 4.72. The van der Waals surface area contributed by atoms with Gasteiger partial charge in [-0.3, -0.25) is 4.79 Å². The van der Waals surface area contributed by atoms with Crippen LogP contribution in [0.5, 0.6) is 0 Å². The van der Waals surface area contributed by atoms with E-state index in [1.807, 2.05) is 24.3 Å². The molecule has 3 heteroatoms. The van der Waals surface area contributed by atoms with E-state index in [4.69, 9.17) is 5.73 Å². The highest BCUT2D eigenvalue weighted by Crippen LogP contribution is 2.29. The van der Waals surface area contributed by atoms with Crippen molar-refractivity contribution in [3.63, 3.8) is 0 Å². The summed E-state index contributed by atoms with van der Waals surface area (Å²) in [7, 11) is 0. The molecule has 1 saturated carbocycles. The molecule has 3 N–H and O–H groups in total. The van der Waals surface area contributed by atoms with Crippen LogP contribution in [0.25, 0.3) is 0 Å². The highest BCUT2D eigenvalue weighted by molar-refractivity contribution is 5.96. The molecule has 1 amide bonds. The second kappa shape index (κ2) is 6.18. The second-order valence-corrected chi connectivity index (χ2v) is 7.29. The minimum Gasteiger partial charge on any atom is -0.345 e. The molecular weight excluding hydrogens is 260 g/mol. The Bertz CT molecular complexity index is 496. The summed E-state index contributed by atoms with van der Waals surface area (Å²) in [6, 6.07) is 7.89. The molecule has 116 valence electrons. The first kappa shape index (κ1) is 16.0. The Balaban J connectivity index is 2.24. The molecule has 0 aliphatic heterocycles. The van der Waals surface area contributed by atoms with Gasteiger partial charge in [-0.1, -0.05) is 58.2 Å². The highest BCUT2D eigenvalue weighted by atomic mass is 16.1. The number of hydrogen-bond acceptors (Lipinski definition) is 2. The van der Waals surface area contributed by atoms with Crippen molar-refractivity contribution in [1.82, 2.24) is 5.32 Å². The van der Waals surface area contributed by atoms with Crippen molar-refractivity contribution in [2.45, 2.75) is 63.8 Å². The van der Waals surface area contributed by atoms with Gasteiger partial charge in [0.25, 0.3) is 5.91 Å². The van der Waals surface area contributed by atoms with Gasteiger partial charge in [-0.15, -0.1) is 0 Å². The van der Waals surface area contributed by atoms with Crippen LogP contribution in [0, 0.1) is 0 Å². The average molecular weight is 288 g/mol. The maximum absolute atomic E-state index is 12.8. The van der Waals surface area contributed by atoms with Gasteiger partial charge in [-0.25, -0.2) is 0 Å². The smallest absolute Gasteiger partial charge is 0.252 e. The number of benzene rings is 1. The SMILES string of the molecule is CC(C)(C)c1ccccc1C(=O)NC1(CN)CCCCC1. The van der Waals surface area contributed by atoms with Gasteiger partial charge >= 0.3 is 0 Å². The number of rotatable bonds is 3. The van der Waals surface area contributed by atoms with E-state index in [1.165, 1.54) is 6.42 Å². The van der Waals surface area contributed by atoms with Gasteiger partial charge in [0.15, 0.2) is 0 Å². The molecule has 0 radical (unpaired) electrons. The standard InChI is InChI=1S/C18H28N2O/c1-17(2,3)15-10-6-5-9-14(15)16(21)20-18(13-19)11-7-4-8-12-18/h5-6,9-10H,4,7-8,11-13,19H2,1-3H3,(H,20,21). The molecule has 1 aromatic carbocycles. The van der Waals surface area contributed by atoms with Crippen LogP contribution in [0.2, 0.25) is 0 Å². The average Bonchev–Trinajstić information content (AvgIpc) is 2.47. The Morgan fingerprint density at radius 1 is 1.19 bits per heavy atom. The molecule has 0 bridgehead atoms. The Morgan fingerprint density at radius 3 is 2.38 bits per heavy atom. The maximum atomic E-state index is 12.8. The predicted octanol–water partition coefficient (Wildman–Crippen LogP) is 3.38. The lowest BCUT2D eigenvalue weighted by atomic mass is 9.80. The largest absolute Gasteiger partial charge is 0.345 e. The van der Waals surface area contributed by atoms with Crippen LogP contribution in [0.15, 0.2) is 24.3 Å². The molecule has 21 heavy (non-hydrogen) atoms. The molecule has 2 rings (SSSR count). The van der Waals surface area contributed by atoms with E-state index in [0.29, 0.717) is 6.54 Å². The van der Waals surface area contributed by atoms with Gasteiger partial charge in [0.05, 0.1) is 5.54 Å². The molecule has 0 saturated heterocycles. The van der Waals surface area contributed by atoms with Crippen molar-refractivity contribution in [3.05, 3.63) is 35.4 Å². The first-order valence-corrected chi connectivity index (χ1v) is 8.00. The van der Waals surface area contributed by atoms with E-state index in [1.54, 1.807) is 0 Å². The van der Waals surface area contributed by atoms with E-state index in [2.05, 4.69) is 26.1 Å². The fourth-order valence-corrected chi connectivity index (χ4v) is 3.25. The molecular formula is C18H28N2O. The zero-order chi connectivity index (χ0) is 15.5. The Morgan fingerprint density at radius 2 is 1.81 bits per heavy atom. The molecule has 1 aliphatic rings. The molecule has 0 heterocycles. The first-order chi connectivity index (χ1) is 9.88. The summed E-state index contributed by atoms with van der Waals surface area (Å²) in [5.41, 5.74) is 7.59. The topological polar surface area (TPSA) is 55.1 Å². The van der Waals surface area contributed by atoms with Crippen molar-refractivity contribution in [2.24, 2.45) is 5.73 Å². The van der Waals surface area contributed by atoms with Crippen LogP contribution in [0.4, 0.5) is 0 Å². The van der Waals surface area contributed by atoms with Crippen LogP contribution in [0.1, 0.15) is 68.8 Å². The van der Waals surface area contributed by atoms with E-state index in [9.17, 15) is 4.79 Å². The summed E-state index contributed by atoms with van der Waals surface area (Å²) < 4.78 is 0. The fraction of sp³-hybridized carbons (Fsp3) is 0.611. The quantitative estimate of drug-likeness (QED) is 0.896. The van der Waals surface area contributed by atoms with E-state index < -0.39 is 0 Å². The van der Waals surface area contributed by atoms with Crippen LogP contribution in [0.3, 0.4) is 0 Å². The number of carbonyl (C=O) groups excluding carboxylic acids is 1. The minimum absolute atomic E-state index is 0.0212. The minimum atomic E-state index is -0.208. The van der Waals surface area contributed by atoms with Gasteiger partial charge in [-0.2, -0.15) is 0 Å². The zero-order valence-corrected chi connectivity index (χ0v) is 13.5. The number of hydrogen-bond donors (Lipinski definition) is 2. The van der Waals surface area contributed by atoms with Crippen LogP contribution in [-0.2, 0) is 5.41 Å². The summed E-state index contributed by atoms with van der Waals surface area (Å²) in [4.78, 5) is 12.8. The van der Waals surface area contributed by atoms with Crippen molar-refractivity contribution in [2.75, 3.05) is 6.54 Å². The van der Waals surface area contributed by atoms with Gasteiger partial charge < -0.3 is 11.1 Å². The predicted molar refractivity (Wildman–Crippen MR) is 87.5 cm³/mol. The van der Waals surface area contributed by atoms with Gasteiger partial charge in [0, 0.05) is 12.1 Å². The molecule has 0 unspecified atom stereocenters. The molecule has 1 aliphatic carbocycles.